The third kappa shape index (κ3) is 4.57. The van der Waals surface area contributed by atoms with E-state index in [-0.39, 0.29) is 26.3 Å². The summed E-state index contributed by atoms with van der Waals surface area (Å²) in [6, 6.07) is 20.2. The first-order valence-corrected chi connectivity index (χ1v) is 5.84. The van der Waals surface area contributed by atoms with Gasteiger partial charge in [0, 0.05) is 26.3 Å². The standard InChI is InChI=1S/C16H15O.Pd/c17-13-16(11-14-7-3-1-4-8-14)12-15-9-5-2-6-10-15;/h1-10,16H,11-12H2;. The van der Waals surface area contributed by atoms with Gasteiger partial charge in [-0.3, -0.25) is 4.79 Å². The minimum Gasteiger partial charge on any atom is -0.291 e. The topological polar surface area (TPSA) is 17.1 Å². The Hall–Kier alpha value is -1.23. The first-order valence-electron chi connectivity index (χ1n) is 5.84. The van der Waals surface area contributed by atoms with Crippen LogP contribution in [0.2, 0.25) is 0 Å². The molecule has 1 nitrogen and oxygen atoms in total. The summed E-state index contributed by atoms with van der Waals surface area (Å²) < 4.78 is 0. The summed E-state index contributed by atoms with van der Waals surface area (Å²) >= 11 is 0. The van der Waals surface area contributed by atoms with Gasteiger partial charge in [0.05, 0.1) is 0 Å². The third-order valence-corrected chi connectivity index (χ3v) is 2.82. The summed E-state index contributed by atoms with van der Waals surface area (Å²) in [5.41, 5.74) is 2.38. The van der Waals surface area contributed by atoms with Crippen LogP contribution in [0.25, 0.3) is 0 Å². The SMILES string of the molecule is O=[C]C(Cc1ccccc1)Cc1ccccc1.[Pd]. The minimum atomic E-state index is -0.0557. The van der Waals surface area contributed by atoms with Gasteiger partial charge in [-0.05, 0) is 24.0 Å². The summed E-state index contributed by atoms with van der Waals surface area (Å²) in [6.45, 7) is 0. The first-order chi connectivity index (χ1) is 8.38. The van der Waals surface area contributed by atoms with Crippen LogP contribution in [-0.2, 0) is 38.1 Å². The Balaban J connectivity index is 0.00000162. The molecular formula is C16H15OPd. The average molecular weight is 330 g/mol. The van der Waals surface area contributed by atoms with Crippen LogP contribution in [0.4, 0.5) is 0 Å². The van der Waals surface area contributed by atoms with E-state index in [1.54, 1.807) is 0 Å². The van der Waals surface area contributed by atoms with E-state index in [1.807, 2.05) is 36.4 Å². The minimum absolute atomic E-state index is 0. The Bertz CT molecular complexity index is 412. The second kappa shape index (κ2) is 7.98. The van der Waals surface area contributed by atoms with Crippen LogP contribution in [0.1, 0.15) is 11.1 Å². The maximum atomic E-state index is 11.0. The molecule has 0 amide bonds. The van der Waals surface area contributed by atoms with Gasteiger partial charge in [-0.25, -0.2) is 0 Å². The van der Waals surface area contributed by atoms with Crippen LogP contribution in [0.5, 0.6) is 0 Å². The molecule has 0 fully saturated rings. The first kappa shape index (κ1) is 14.8. The van der Waals surface area contributed by atoms with Gasteiger partial charge < -0.3 is 0 Å². The van der Waals surface area contributed by atoms with Crippen LogP contribution in [0, 0.1) is 5.92 Å². The Morgan fingerprint density at radius 3 is 1.50 bits per heavy atom. The van der Waals surface area contributed by atoms with Crippen molar-refractivity contribution in [2.75, 3.05) is 0 Å². The Labute approximate surface area is 122 Å². The molecule has 0 aliphatic heterocycles. The second-order valence-corrected chi connectivity index (χ2v) is 4.19. The van der Waals surface area contributed by atoms with Gasteiger partial charge >= 0.3 is 0 Å². The van der Waals surface area contributed by atoms with Gasteiger partial charge in [-0.2, -0.15) is 0 Å². The Kier molecular flexibility index (Phi) is 6.57. The van der Waals surface area contributed by atoms with Gasteiger partial charge in [-0.1, -0.05) is 60.7 Å². The molecule has 2 rings (SSSR count). The molecule has 0 saturated carbocycles. The Morgan fingerprint density at radius 1 is 0.778 bits per heavy atom. The predicted molar refractivity (Wildman–Crippen MR) is 69.5 cm³/mol. The molecule has 0 spiro atoms. The normalized spacial score (nSPS) is 9.83. The van der Waals surface area contributed by atoms with Gasteiger partial charge in [-0.15, -0.1) is 0 Å². The van der Waals surface area contributed by atoms with Gasteiger partial charge in [0.2, 0.25) is 6.29 Å². The van der Waals surface area contributed by atoms with E-state index < -0.39 is 0 Å². The van der Waals surface area contributed by atoms with Crippen molar-refractivity contribution in [2.45, 2.75) is 12.8 Å². The molecule has 0 bridgehead atoms. The van der Waals surface area contributed by atoms with E-state index in [1.165, 1.54) is 11.1 Å². The summed E-state index contributed by atoms with van der Waals surface area (Å²) in [7, 11) is 0. The molecule has 0 saturated heterocycles. The Morgan fingerprint density at radius 2 is 1.17 bits per heavy atom. The van der Waals surface area contributed by atoms with Gasteiger partial charge in [0.25, 0.3) is 0 Å². The van der Waals surface area contributed by atoms with Crippen molar-refractivity contribution in [3.63, 3.8) is 0 Å². The predicted octanol–water partition coefficient (Wildman–Crippen LogP) is 3.20. The molecule has 0 unspecified atom stereocenters. The summed E-state index contributed by atoms with van der Waals surface area (Å²) in [5, 5.41) is 0. The van der Waals surface area contributed by atoms with Crippen LogP contribution >= 0.6 is 0 Å². The summed E-state index contributed by atoms with van der Waals surface area (Å²) in [4.78, 5) is 11.0. The maximum Gasteiger partial charge on any atom is 0.202 e. The van der Waals surface area contributed by atoms with Gasteiger partial charge in [0.15, 0.2) is 0 Å². The maximum absolute atomic E-state index is 11.0. The molecule has 1 radical (unpaired) electrons. The molecular weight excluding hydrogens is 315 g/mol. The molecule has 0 aromatic heterocycles. The van der Waals surface area contributed by atoms with E-state index >= 15 is 0 Å². The quantitative estimate of drug-likeness (QED) is 0.770. The van der Waals surface area contributed by atoms with E-state index in [9.17, 15) is 4.79 Å². The second-order valence-electron chi connectivity index (χ2n) is 4.19. The zero-order valence-electron chi connectivity index (χ0n) is 9.99. The van der Waals surface area contributed by atoms with Crippen molar-refractivity contribution in [2.24, 2.45) is 5.92 Å². The van der Waals surface area contributed by atoms with Crippen molar-refractivity contribution < 1.29 is 25.2 Å². The van der Waals surface area contributed by atoms with E-state index in [4.69, 9.17) is 0 Å². The molecule has 95 valence electrons. The molecule has 0 aliphatic rings. The smallest absolute Gasteiger partial charge is 0.202 e. The summed E-state index contributed by atoms with van der Waals surface area (Å²) in [5.74, 6) is -0.0557. The zero-order chi connectivity index (χ0) is 11.9. The van der Waals surface area contributed by atoms with Crippen LogP contribution in [0.3, 0.4) is 0 Å². The number of benzene rings is 2. The average Bonchev–Trinajstić information content (AvgIpc) is 2.40. The van der Waals surface area contributed by atoms with E-state index in [0.29, 0.717) is 0 Å². The fraction of sp³-hybridized carbons (Fsp3) is 0.188. The number of carbonyl (C=O) groups excluding carboxylic acids is 1. The van der Waals surface area contributed by atoms with Crippen LogP contribution in [0.15, 0.2) is 60.7 Å². The molecule has 0 atom stereocenters. The molecule has 2 aromatic carbocycles. The fourth-order valence-electron chi connectivity index (χ4n) is 1.95. The van der Waals surface area contributed by atoms with E-state index in [2.05, 4.69) is 30.6 Å². The van der Waals surface area contributed by atoms with Crippen molar-refractivity contribution in [3.05, 3.63) is 71.8 Å². The molecule has 18 heavy (non-hydrogen) atoms. The number of rotatable bonds is 5. The van der Waals surface area contributed by atoms with Crippen molar-refractivity contribution in [3.8, 4) is 0 Å². The monoisotopic (exact) mass is 329 g/mol. The molecule has 0 N–H and O–H groups in total. The van der Waals surface area contributed by atoms with Crippen LogP contribution in [-0.4, -0.2) is 6.29 Å². The molecule has 2 aromatic rings. The number of hydrogen-bond donors (Lipinski definition) is 0. The third-order valence-electron chi connectivity index (χ3n) is 2.82. The van der Waals surface area contributed by atoms with Crippen LogP contribution < -0.4 is 0 Å². The van der Waals surface area contributed by atoms with Gasteiger partial charge in [0.1, 0.15) is 0 Å². The van der Waals surface area contributed by atoms with Crippen molar-refractivity contribution in [1.82, 2.24) is 0 Å². The molecule has 0 aliphatic carbocycles. The summed E-state index contributed by atoms with van der Waals surface area (Å²) in [6.07, 6.45) is 3.68. The van der Waals surface area contributed by atoms with Crippen molar-refractivity contribution >= 4 is 6.29 Å². The fourth-order valence-corrected chi connectivity index (χ4v) is 1.95. The largest absolute Gasteiger partial charge is 0.291 e. The molecule has 2 heteroatoms. The van der Waals surface area contributed by atoms with Crippen molar-refractivity contribution in [1.29, 1.82) is 0 Å². The zero-order valence-corrected chi connectivity index (χ0v) is 11.5. The van der Waals surface area contributed by atoms with E-state index in [0.717, 1.165) is 12.8 Å². The number of hydrogen-bond acceptors (Lipinski definition) is 1. The molecule has 0 heterocycles.